The van der Waals surface area contributed by atoms with Gasteiger partial charge in [0, 0.05) is 29.5 Å². The zero-order valence-electron chi connectivity index (χ0n) is 23.7. The van der Waals surface area contributed by atoms with E-state index in [1.807, 2.05) is 26.8 Å². The molecule has 0 aliphatic carbocycles. The molecule has 6 bridgehead atoms. The van der Waals surface area contributed by atoms with Gasteiger partial charge in [-0.2, -0.15) is 0 Å². The third-order valence-electron chi connectivity index (χ3n) is 7.51. The van der Waals surface area contributed by atoms with Crippen LogP contribution in [0.3, 0.4) is 0 Å². The van der Waals surface area contributed by atoms with Crippen molar-refractivity contribution >= 4 is 17.8 Å². The van der Waals surface area contributed by atoms with E-state index in [1.165, 1.54) is 10.5 Å². The first-order valence-corrected chi connectivity index (χ1v) is 14.4. The standard InChI is InChI=1S/C29H36N4O4.C2H6/c1-3-22-16-24-23-13-18(9-11-26(23)37-22)7-5-6-8-21-15-27(34)33(29(30)31-21)17-20-14-19(28(35)32-24)10-12-25(20)36-4-2;1-2/h9-14,21-22,24H,3-8,15-17H2,1-2H3,(H2,30,31)(H,32,35);1-2H3. The molecule has 6 rings (SSSR count). The van der Waals surface area contributed by atoms with Crippen molar-refractivity contribution in [3.05, 3.63) is 58.7 Å². The molecule has 0 aromatic heterocycles. The number of ether oxygens (including phenoxy) is 2. The van der Waals surface area contributed by atoms with Crippen molar-refractivity contribution in [3.63, 3.8) is 0 Å². The fourth-order valence-corrected chi connectivity index (χ4v) is 5.48. The zero-order chi connectivity index (χ0) is 27.9. The van der Waals surface area contributed by atoms with E-state index in [0.29, 0.717) is 24.3 Å². The van der Waals surface area contributed by atoms with Crippen LogP contribution in [0.25, 0.3) is 0 Å². The number of nitrogens with two attached hydrogens (primary N) is 1. The Morgan fingerprint density at radius 1 is 1.13 bits per heavy atom. The molecule has 4 aliphatic rings. The maximum Gasteiger partial charge on any atom is 0.251 e. The number of nitrogens with zero attached hydrogens (tertiary/aromatic N) is 2. The third-order valence-corrected chi connectivity index (χ3v) is 7.51. The molecule has 39 heavy (non-hydrogen) atoms. The van der Waals surface area contributed by atoms with Crippen molar-refractivity contribution in [3.8, 4) is 11.5 Å². The van der Waals surface area contributed by atoms with Crippen LogP contribution in [0.1, 0.15) is 99.3 Å². The summed E-state index contributed by atoms with van der Waals surface area (Å²) in [5.74, 6) is 1.48. The van der Waals surface area contributed by atoms with E-state index in [-0.39, 0.29) is 42.5 Å². The predicted molar refractivity (Wildman–Crippen MR) is 153 cm³/mol. The van der Waals surface area contributed by atoms with Crippen molar-refractivity contribution in [2.24, 2.45) is 10.7 Å². The fourth-order valence-electron chi connectivity index (χ4n) is 5.48. The van der Waals surface area contributed by atoms with E-state index in [1.54, 1.807) is 18.2 Å². The van der Waals surface area contributed by atoms with Gasteiger partial charge < -0.3 is 20.5 Å². The zero-order valence-corrected chi connectivity index (χ0v) is 23.7. The summed E-state index contributed by atoms with van der Waals surface area (Å²) in [5.41, 5.74) is 9.75. The lowest BCUT2D eigenvalue weighted by Gasteiger charge is -2.33. The van der Waals surface area contributed by atoms with E-state index in [4.69, 9.17) is 15.2 Å². The molecule has 2 aromatic carbocycles. The largest absolute Gasteiger partial charge is 0.494 e. The molecule has 2 aromatic rings. The monoisotopic (exact) mass is 534 g/mol. The van der Waals surface area contributed by atoms with Crippen molar-refractivity contribution < 1.29 is 19.1 Å². The molecule has 0 fully saturated rings. The van der Waals surface area contributed by atoms with Crippen LogP contribution in [0.4, 0.5) is 0 Å². The Morgan fingerprint density at radius 2 is 1.95 bits per heavy atom. The highest BCUT2D eigenvalue weighted by molar-refractivity contribution is 5.99. The first kappa shape index (κ1) is 28.5. The number of aliphatic imine (C=N–C) groups is 1. The maximum absolute atomic E-state index is 13.5. The molecular formula is C31H42N4O4. The van der Waals surface area contributed by atoms with Gasteiger partial charge in [-0.05, 0) is 62.4 Å². The van der Waals surface area contributed by atoms with E-state index in [9.17, 15) is 9.59 Å². The smallest absolute Gasteiger partial charge is 0.251 e. The first-order valence-electron chi connectivity index (χ1n) is 14.4. The predicted octanol–water partition coefficient (Wildman–Crippen LogP) is 5.29. The van der Waals surface area contributed by atoms with Crippen LogP contribution in [-0.2, 0) is 17.8 Å². The van der Waals surface area contributed by atoms with Crippen LogP contribution in [0.15, 0.2) is 41.4 Å². The molecule has 8 nitrogen and oxygen atoms in total. The summed E-state index contributed by atoms with van der Waals surface area (Å²) in [6.45, 7) is 8.68. The van der Waals surface area contributed by atoms with Crippen LogP contribution in [-0.4, -0.2) is 41.4 Å². The van der Waals surface area contributed by atoms with Gasteiger partial charge in [0.05, 0.1) is 25.2 Å². The summed E-state index contributed by atoms with van der Waals surface area (Å²) in [6.07, 6.45) is 5.66. The number of benzene rings is 2. The minimum Gasteiger partial charge on any atom is -0.494 e. The number of hydrogen-bond donors (Lipinski definition) is 2. The summed E-state index contributed by atoms with van der Waals surface area (Å²) in [5, 5.41) is 3.26. The highest BCUT2D eigenvalue weighted by Crippen LogP contribution is 2.37. The normalized spacial score (nSPS) is 22.8. The average molecular weight is 535 g/mol. The van der Waals surface area contributed by atoms with Crippen LogP contribution < -0.4 is 20.5 Å². The Kier molecular flexibility index (Phi) is 9.49. The molecule has 3 unspecified atom stereocenters. The molecule has 0 radical (unpaired) electrons. The lowest BCUT2D eigenvalue weighted by molar-refractivity contribution is -0.128. The van der Waals surface area contributed by atoms with Crippen LogP contribution in [0, 0.1) is 0 Å². The first-order chi connectivity index (χ1) is 18.9. The van der Waals surface area contributed by atoms with Gasteiger partial charge in [-0.15, -0.1) is 0 Å². The maximum atomic E-state index is 13.5. The third kappa shape index (κ3) is 6.54. The van der Waals surface area contributed by atoms with E-state index >= 15 is 0 Å². The van der Waals surface area contributed by atoms with Crippen LogP contribution >= 0.6 is 0 Å². The van der Waals surface area contributed by atoms with Crippen molar-refractivity contribution in [1.82, 2.24) is 10.2 Å². The van der Waals surface area contributed by atoms with Gasteiger partial charge in [-0.25, -0.2) is 4.99 Å². The second kappa shape index (κ2) is 13.0. The quantitative estimate of drug-likeness (QED) is 0.557. The number of rotatable bonds is 3. The van der Waals surface area contributed by atoms with Gasteiger partial charge in [0.1, 0.15) is 17.6 Å². The highest BCUT2D eigenvalue weighted by Gasteiger charge is 2.31. The molecule has 4 aliphatic heterocycles. The van der Waals surface area contributed by atoms with E-state index < -0.39 is 0 Å². The summed E-state index contributed by atoms with van der Waals surface area (Å²) in [6, 6.07) is 11.4. The molecule has 3 atom stereocenters. The molecule has 2 amide bonds. The Bertz CT molecular complexity index is 1210. The van der Waals surface area contributed by atoms with Crippen molar-refractivity contribution in [1.29, 1.82) is 0 Å². The lowest BCUT2D eigenvalue weighted by atomic mass is 9.92. The Hall–Kier alpha value is -3.55. The summed E-state index contributed by atoms with van der Waals surface area (Å²) in [4.78, 5) is 32.7. The van der Waals surface area contributed by atoms with Gasteiger partial charge in [0.15, 0.2) is 5.96 Å². The number of carbonyl (C=O) groups excluding carboxylic acids is 2. The number of amides is 2. The Labute approximate surface area is 232 Å². The molecule has 3 N–H and O–H groups in total. The van der Waals surface area contributed by atoms with Gasteiger partial charge in [-0.3, -0.25) is 14.5 Å². The lowest BCUT2D eigenvalue weighted by Crippen LogP contribution is -2.46. The van der Waals surface area contributed by atoms with Crippen LogP contribution in [0.5, 0.6) is 11.5 Å². The highest BCUT2D eigenvalue weighted by atomic mass is 16.5. The summed E-state index contributed by atoms with van der Waals surface area (Å²) in [7, 11) is 0. The molecule has 0 spiro atoms. The average Bonchev–Trinajstić information content (AvgIpc) is 2.94. The van der Waals surface area contributed by atoms with Crippen molar-refractivity contribution in [2.45, 2.75) is 97.4 Å². The van der Waals surface area contributed by atoms with Crippen molar-refractivity contribution in [2.75, 3.05) is 6.61 Å². The molecule has 210 valence electrons. The van der Waals surface area contributed by atoms with Gasteiger partial charge in [0.2, 0.25) is 5.91 Å². The Balaban J connectivity index is 0.00000172. The molecule has 0 saturated heterocycles. The second-order valence-electron chi connectivity index (χ2n) is 10.1. The molecular weight excluding hydrogens is 492 g/mol. The van der Waals surface area contributed by atoms with E-state index in [0.717, 1.165) is 55.4 Å². The Morgan fingerprint density at radius 3 is 2.69 bits per heavy atom. The number of guanidine groups is 1. The number of nitrogens with one attached hydrogen (secondary N) is 1. The summed E-state index contributed by atoms with van der Waals surface area (Å²) >= 11 is 0. The van der Waals surface area contributed by atoms with Crippen LogP contribution in [0.2, 0.25) is 0 Å². The molecule has 4 heterocycles. The SMILES string of the molecule is CC.CCOc1ccc2cc1CN1C(=O)CC(CCCCc3ccc4c(c3)C(CC(CC)O4)NC2=O)N=C1N. The minimum absolute atomic E-state index is 0.0500. The molecule has 8 heteroatoms. The number of carbonyl (C=O) groups is 2. The number of hydrogen-bond acceptors (Lipinski definition) is 6. The summed E-state index contributed by atoms with van der Waals surface area (Å²) < 4.78 is 12.0. The fraction of sp³-hybridized carbons (Fsp3) is 0.516. The number of aryl methyl sites for hydroxylation is 1. The molecule has 0 saturated carbocycles. The minimum atomic E-state index is -0.171. The van der Waals surface area contributed by atoms with Gasteiger partial charge in [-0.1, -0.05) is 39.3 Å². The second-order valence-corrected chi connectivity index (χ2v) is 10.1. The van der Waals surface area contributed by atoms with E-state index in [2.05, 4.69) is 29.4 Å². The number of fused-ring (bicyclic) bond motifs is 5. The topological polar surface area (TPSA) is 106 Å². The van der Waals surface area contributed by atoms with Gasteiger partial charge in [0.25, 0.3) is 5.91 Å². The van der Waals surface area contributed by atoms with Gasteiger partial charge >= 0.3 is 0 Å².